The van der Waals surface area contributed by atoms with Gasteiger partial charge in [-0.05, 0) is 12.1 Å². The van der Waals surface area contributed by atoms with E-state index in [1.54, 1.807) is 12.3 Å². The van der Waals surface area contributed by atoms with E-state index < -0.39 is 0 Å². The lowest BCUT2D eigenvalue weighted by Gasteiger charge is -1.97. The number of fused-ring (bicyclic) bond motifs is 1. The summed E-state index contributed by atoms with van der Waals surface area (Å²) in [6.07, 6.45) is 3.35. The normalized spacial score (nSPS) is 12.7. The number of amides is 1. The molecule has 2 heterocycles. The maximum Gasteiger partial charge on any atom is 0.270 e. The molecular formula is C17H11N3O. The average molecular weight is 273 g/mol. The molecule has 21 heavy (non-hydrogen) atoms. The van der Waals surface area contributed by atoms with E-state index in [4.69, 9.17) is 0 Å². The summed E-state index contributed by atoms with van der Waals surface area (Å²) in [4.78, 5) is 22.9. The summed E-state index contributed by atoms with van der Waals surface area (Å²) in [5, 5.41) is 1.58. The number of imidazole rings is 1. The van der Waals surface area contributed by atoms with Crippen LogP contribution in [0.25, 0.3) is 28.7 Å². The van der Waals surface area contributed by atoms with Crippen molar-refractivity contribution in [3.63, 3.8) is 0 Å². The Morgan fingerprint density at radius 1 is 0.952 bits per heavy atom. The van der Waals surface area contributed by atoms with Crippen LogP contribution in [0.1, 0.15) is 0 Å². The van der Waals surface area contributed by atoms with Crippen LogP contribution in [0.4, 0.5) is 0 Å². The van der Waals surface area contributed by atoms with Gasteiger partial charge in [-0.25, -0.2) is 9.98 Å². The summed E-state index contributed by atoms with van der Waals surface area (Å²) >= 11 is 0. The zero-order chi connectivity index (χ0) is 14.2. The van der Waals surface area contributed by atoms with Gasteiger partial charge in [0, 0.05) is 22.4 Å². The number of rotatable bonds is 2. The number of hydrogen-bond donors (Lipinski definition) is 1. The second-order valence-electron chi connectivity index (χ2n) is 4.88. The highest BCUT2D eigenvalue weighted by Gasteiger charge is 2.08. The summed E-state index contributed by atoms with van der Waals surface area (Å²) in [6.45, 7) is 0. The fourth-order valence-electron chi connectivity index (χ4n) is 2.43. The van der Waals surface area contributed by atoms with Gasteiger partial charge in [0.2, 0.25) is 0 Å². The Bertz CT molecular complexity index is 955. The Morgan fingerprint density at radius 3 is 2.67 bits per heavy atom. The molecule has 0 atom stereocenters. The Hall–Kier alpha value is -3.01. The topological polar surface area (TPSA) is 58.1 Å². The highest BCUT2D eigenvalue weighted by atomic mass is 16.1. The molecule has 4 heteroatoms. The minimum atomic E-state index is -0.197. The smallest absolute Gasteiger partial charge is 0.270 e. The first kappa shape index (κ1) is 11.8. The van der Waals surface area contributed by atoms with Gasteiger partial charge in [-0.2, -0.15) is 0 Å². The molecular weight excluding hydrogens is 262 g/mol. The van der Waals surface area contributed by atoms with Crippen LogP contribution in [-0.4, -0.2) is 15.9 Å². The van der Waals surface area contributed by atoms with Crippen LogP contribution in [-0.2, 0) is 4.79 Å². The van der Waals surface area contributed by atoms with Crippen molar-refractivity contribution in [1.29, 1.82) is 0 Å². The van der Waals surface area contributed by atoms with Crippen molar-refractivity contribution in [1.82, 2.24) is 9.97 Å². The van der Waals surface area contributed by atoms with Crippen molar-refractivity contribution in [2.75, 3.05) is 0 Å². The van der Waals surface area contributed by atoms with E-state index in [0.717, 1.165) is 33.2 Å². The molecule has 0 unspecified atom stereocenters. The van der Waals surface area contributed by atoms with Crippen LogP contribution >= 0.6 is 0 Å². The van der Waals surface area contributed by atoms with Crippen LogP contribution in [0.5, 0.6) is 0 Å². The van der Waals surface area contributed by atoms with Gasteiger partial charge in [0.1, 0.15) is 5.82 Å². The van der Waals surface area contributed by atoms with Crippen molar-refractivity contribution >= 4 is 12.0 Å². The Morgan fingerprint density at radius 2 is 1.81 bits per heavy atom. The van der Waals surface area contributed by atoms with Gasteiger partial charge >= 0.3 is 0 Å². The molecule has 1 aromatic heterocycles. The Kier molecular flexibility index (Phi) is 2.54. The highest BCUT2D eigenvalue weighted by Crippen LogP contribution is 2.20. The minimum Gasteiger partial charge on any atom is -0.338 e. The maximum atomic E-state index is 11.3. The number of carbonyl (C=O) groups excluding carboxylic acids is 1. The molecule has 4 rings (SSSR count). The lowest BCUT2D eigenvalue weighted by Crippen LogP contribution is -2.20. The van der Waals surface area contributed by atoms with Gasteiger partial charge in [-0.1, -0.05) is 36.4 Å². The molecule has 1 amide bonds. The average Bonchev–Trinajstić information content (AvgIpc) is 3.12. The lowest BCUT2D eigenvalue weighted by atomic mass is 10.1. The highest BCUT2D eigenvalue weighted by molar-refractivity contribution is 6.06. The molecule has 0 saturated carbocycles. The van der Waals surface area contributed by atoms with Gasteiger partial charge in [0.25, 0.3) is 5.91 Å². The first-order valence-corrected chi connectivity index (χ1v) is 6.65. The fraction of sp³-hybridized carbons (Fsp3) is 0. The van der Waals surface area contributed by atoms with E-state index in [-0.39, 0.29) is 5.91 Å². The number of aromatic nitrogens is 2. The van der Waals surface area contributed by atoms with Crippen molar-refractivity contribution in [2.24, 2.45) is 4.99 Å². The van der Waals surface area contributed by atoms with Gasteiger partial charge in [-0.15, -0.1) is 0 Å². The maximum absolute atomic E-state index is 11.3. The standard InChI is InChI=1S/C17H11N3O/c21-16-9-13-8-12(6-7-14(13)19-16)15-10-18-17(20-15)11-4-2-1-3-5-11/h1-10H,(H,18,20). The van der Waals surface area contributed by atoms with Crippen LogP contribution in [0.2, 0.25) is 0 Å². The van der Waals surface area contributed by atoms with E-state index in [9.17, 15) is 4.79 Å². The molecule has 0 spiro atoms. The zero-order valence-corrected chi connectivity index (χ0v) is 11.1. The molecule has 0 saturated heterocycles. The quantitative estimate of drug-likeness (QED) is 0.772. The number of nitrogens with zero attached hydrogens (tertiary/aromatic N) is 2. The zero-order valence-electron chi connectivity index (χ0n) is 11.1. The summed E-state index contributed by atoms with van der Waals surface area (Å²) in [7, 11) is 0. The molecule has 2 aromatic carbocycles. The van der Waals surface area contributed by atoms with Gasteiger partial charge in [-0.3, -0.25) is 4.79 Å². The number of benzene rings is 2. The molecule has 1 aliphatic rings. The van der Waals surface area contributed by atoms with Gasteiger partial charge in [0.15, 0.2) is 0 Å². The number of nitrogens with one attached hydrogen (secondary N) is 1. The summed E-state index contributed by atoms with van der Waals surface area (Å²) in [5.41, 5.74) is 2.95. The summed E-state index contributed by atoms with van der Waals surface area (Å²) in [5.74, 6) is 0.632. The third-order valence-corrected chi connectivity index (χ3v) is 3.47. The molecule has 0 radical (unpaired) electrons. The van der Waals surface area contributed by atoms with Crippen molar-refractivity contribution in [3.05, 3.63) is 65.3 Å². The fourth-order valence-corrected chi connectivity index (χ4v) is 2.43. The lowest BCUT2D eigenvalue weighted by molar-refractivity contribution is -0.112. The van der Waals surface area contributed by atoms with E-state index in [0.29, 0.717) is 0 Å². The van der Waals surface area contributed by atoms with E-state index in [1.165, 1.54) is 0 Å². The third kappa shape index (κ3) is 2.07. The summed E-state index contributed by atoms with van der Waals surface area (Å²) < 4.78 is 0. The second-order valence-corrected chi connectivity index (χ2v) is 4.88. The van der Waals surface area contributed by atoms with E-state index in [2.05, 4.69) is 15.0 Å². The van der Waals surface area contributed by atoms with E-state index in [1.807, 2.05) is 48.5 Å². The largest absolute Gasteiger partial charge is 0.338 e. The first-order valence-electron chi connectivity index (χ1n) is 6.65. The van der Waals surface area contributed by atoms with Crippen LogP contribution < -0.4 is 10.6 Å². The predicted molar refractivity (Wildman–Crippen MR) is 79.7 cm³/mol. The molecule has 0 aliphatic carbocycles. The van der Waals surface area contributed by atoms with E-state index >= 15 is 0 Å². The van der Waals surface area contributed by atoms with Gasteiger partial charge < -0.3 is 4.98 Å². The molecule has 4 nitrogen and oxygen atoms in total. The first-order chi connectivity index (χ1) is 10.3. The molecule has 1 aliphatic heterocycles. The van der Waals surface area contributed by atoms with Crippen molar-refractivity contribution in [3.8, 4) is 22.6 Å². The number of carbonyl (C=O) groups is 1. The monoisotopic (exact) mass is 273 g/mol. The summed E-state index contributed by atoms with van der Waals surface area (Å²) in [6, 6.07) is 15.7. The van der Waals surface area contributed by atoms with Crippen molar-refractivity contribution < 1.29 is 4.79 Å². The molecule has 1 N–H and O–H groups in total. The Balaban J connectivity index is 1.78. The molecule has 3 aromatic rings. The second kappa shape index (κ2) is 4.52. The SMILES string of the molecule is O=C1C=c2cc(-c3cnc(-c4ccccc4)[nH]3)ccc2=N1. The van der Waals surface area contributed by atoms with Crippen LogP contribution in [0.15, 0.2) is 59.7 Å². The molecule has 100 valence electrons. The Labute approximate surface area is 120 Å². The van der Waals surface area contributed by atoms with Crippen LogP contribution in [0.3, 0.4) is 0 Å². The number of H-pyrrole nitrogens is 1. The van der Waals surface area contributed by atoms with Crippen LogP contribution in [0, 0.1) is 0 Å². The molecule has 0 fully saturated rings. The minimum absolute atomic E-state index is 0.197. The number of aromatic amines is 1. The predicted octanol–water partition coefficient (Wildman–Crippen LogP) is 1.68. The molecule has 0 bridgehead atoms. The van der Waals surface area contributed by atoms with Gasteiger partial charge in [0.05, 0.1) is 17.2 Å². The number of hydrogen-bond acceptors (Lipinski definition) is 2. The van der Waals surface area contributed by atoms with Crippen molar-refractivity contribution in [2.45, 2.75) is 0 Å². The third-order valence-electron chi connectivity index (χ3n) is 3.47.